The Morgan fingerprint density at radius 1 is 0.704 bits per heavy atom. The molecular weight excluding hydrogens is 1450 g/mol. The van der Waals surface area contributed by atoms with Crippen molar-refractivity contribution in [1.82, 2.24) is 67.9 Å². The van der Waals surface area contributed by atoms with Gasteiger partial charge >= 0.3 is 11.9 Å². The predicted molar refractivity (Wildman–Crippen MR) is 393 cm³/mol. The predicted octanol–water partition coefficient (Wildman–Crippen LogP) is -4.63. The molecule has 0 radical (unpaired) electrons. The number of nitrogens with two attached hydrogens (primary N) is 3. The molecule has 19 N–H and O–H groups in total. The number of likely N-dealkylation sites (N-methyl/N-ethyl adjacent to an activating group) is 1. The summed E-state index contributed by atoms with van der Waals surface area (Å²) in [5, 5.41) is 55.6. The fraction of sp³-hybridized carbons (Fsp3) is 0.594. The number of ether oxygens (including phenoxy) is 1. The Morgan fingerprint density at radius 2 is 1.35 bits per heavy atom. The lowest BCUT2D eigenvalue weighted by Gasteiger charge is -2.33. The number of aromatic hydroxyl groups is 1. The summed E-state index contributed by atoms with van der Waals surface area (Å²) >= 11 is 8.60. The highest BCUT2D eigenvalue weighted by atomic mass is 32.1. The lowest BCUT2D eigenvalue weighted by atomic mass is 9.97. The number of halogens is 1. The molecule has 3 aliphatic rings. The fourth-order valence-electron chi connectivity index (χ4n) is 12.3. The number of likely N-dealkylation sites (tertiary alicyclic amines) is 1. The van der Waals surface area contributed by atoms with Crippen LogP contribution in [0, 0.1) is 17.7 Å². The molecule has 108 heavy (non-hydrogen) atoms. The fourth-order valence-corrected chi connectivity index (χ4v) is 12.8. The summed E-state index contributed by atoms with van der Waals surface area (Å²) in [5.41, 5.74) is 17.2. The number of phenolic OH excluding ortho intramolecular Hbond substituents is 1. The molecule has 3 fully saturated rings. The molecule has 0 unspecified atom stereocenters. The highest BCUT2D eigenvalue weighted by Crippen LogP contribution is 2.24. The lowest BCUT2D eigenvalue weighted by Crippen LogP contribution is -2.61. The number of fused-ring (bicyclic) bond motifs is 1. The molecule has 0 aromatic heterocycles. The van der Waals surface area contributed by atoms with Crippen LogP contribution >= 0.6 is 25.3 Å². The van der Waals surface area contributed by atoms with Gasteiger partial charge in [-0.05, 0) is 99.4 Å². The quantitative estimate of drug-likeness (QED) is 0.0173. The average Bonchev–Trinajstić information content (AvgIpc) is 0.959. The Bertz CT molecular complexity index is 3560. The number of hydrogen-bond acceptors (Lipinski definition) is 22. The Labute approximate surface area is 634 Å². The van der Waals surface area contributed by atoms with Crippen molar-refractivity contribution in [1.29, 1.82) is 0 Å². The number of aliphatic hydroxyl groups excluding tert-OH is 1. The minimum Gasteiger partial charge on any atom is -0.505 e. The third kappa shape index (κ3) is 26.5. The lowest BCUT2D eigenvalue weighted by molar-refractivity contribution is -0.157. The van der Waals surface area contributed by atoms with Gasteiger partial charge in [-0.15, -0.1) is 0 Å². The minimum absolute atomic E-state index is 0.0111. The van der Waals surface area contributed by atoms with Crippen molar-refractivity contribution in [2.75, 3.05) is 64.5 Å². The van der Waals surface area contributed by atoms with E-state index < -0.39 is 223 Å². The molecule has 0 bridgehead atoms. The van der Waals surface area contributed by atoms with E-state index >= 15 is 0 Å². The van der Waals surface area contributed by atoms with E-state index in [1.165, 1.54) is 27.0 Å². The number of nitrogens with one attached hydrogen (secondary N) is 10. The number of rotatable bonds is 22. The van der Waals surface area contributed by atoms with Crippen molar-refractivity contribution in [2.45, 2.75) is 184 Å². The van der Waals surface area contributed by atoms with E-state index in [0.717, 1.165) is 26.8 Å². The van der Waals surface area contributed by atoms with Crippen molar-refractivity contribution < 1.29 is 96.4 Å². The first-order valence-electron chi connectivity index (χ1n) is 35.6. The molecule has 3 heterocycles. The first kappa shape index (κ1) is 88.7. The molecule has 0 aliphatic carbocycles. The second kappa shape index (κ2) is 43.8. The first-order valence-corrected chi connectivity index (χ1v) is 36.9. The number of carboxylic acid groups (broad SMARTS) is 1. The number of aliphatic hydroxyl groups is 1. The number of esters is 1. The van der Waals surface area contributed by atoms with Crippen LogP contribution in [0.5, 0.6) is 5.75 Å². The largest absolute Gasteiger partial charge is 0.505 e. The number of amides is 13. The van der Waals surface area contributed by atoms with Gasteiger partial charge in [0.05, 0.1) is 19.6 Å². The summed E-state index contributed by atoms with van der Waals surface area (Å²) in [6.45, 7) is 3.26. The van der Waals surface area contributed by atoms with Gasteiger partial charge < -0.3 is 105 Å². The number of unbranched alkanes of at least 4 members (excludes halogenated alkanes) is 1. The third-order valence-corrected chi connectivity index (χ3v) is 19.3. The normalized spacial score (nSPS) is 24.9. The van der Waals surface area contributed by atoms with Crippen LogP contribution in [0.15, 0.2) is 53.5 Å². The van der Waals surface area contributed by atoms with E-state index in [4.69, 9.17) is 21.9 Å². The van der Waals surface area contributed by atoms with E-state index in [1.807, 2.05) is 0 Å². The topological polar surface area (TPSA) is 546 Å². The number of guanidine groups is 1. The Hall–Kier alpha value is -9.89. The maximum absolute atomic E-state index is 14.9. The Balaban J connectivity index is 1.57. The van der Waals surface area contributed by atoms with Crippen LogP contribution in [0.3, 0.4) is 0 Å². The highest BCUT2D eigenvalue weighted by Gasteiger charge is 2.44. The molecule has 39 heteroatoms. The Kier molecular flexibility index (Phi) is 36.0. The zero-order chi connectivity index (χ0) is 80.1. The number of carbonyl (C=O) groups is 15. The van der Waals surface area contributed by atoms with Gasteiger partial charge in [0, 0.05) is 51.0 Å². The zero-order valence-electron chi connectivity index (χ0n) is 60.9. The van der Waals surface area contributed by atoms with Crippen molar-refractivity contribution in [2.24, 2.45) is 34.0 Å². The summed E-state index contributed by atoms with van der Waals surface area (Å²) in [7, 11) is 1.19. The molecule has 596 valence electrons. The molecule has 2 aromatic carbocycles. The van der Waals surface area contributed by atoms with E-state index in [0.29, 0.717) is 12.0 Å². The first-order chi connectivity index (χ1) is 51.3. The van der Waals surface area contributed by atoms with Gasteiger partial charge in [0.25, 0.3) is 5.91 Å². The number of carbonyl (C=O) groups excluding carboxylic acids is 14. The number of aliphatic imine (C=N–C) groups is 1. The van der Waals surface area contributed by atoms with Gasteiger partial charge in [-0.2, -0.15) is 25.3 Å². The second-order valence-corrected chi connectivity index (χ2v) is 27.6. The van der Waals surface area contributed by atoms with Crippen molar-refractivity contribution in [3.05, 3.63) is 65.5 Å². The third-order valence-electron chi connectivity index (χ3n) is 18.5. The molecular formula is C69H102FN17O19S2. The summed E-state index contributed by atoms with van der Waals surface area (Å²) in [4.78, 5) is 220. The number of thiol groups is 2. The molecule has 3 saturated heterocycles. The van der Waals surface area contributed by atoms with Gasteiger partial charge in [-0.25, -0.2) is 14.0 Å². The van der Waals surface area contributed by atoms with Gasteiger partial charge in [0.15, 0.2) is 24.1 Å². The number of benzene rings is 2. The van der Waals surface area contributed by atoms with Crippen molar-refractivity contribution in [3.63, 3.8) is 0 Å². The monoisotopic (exact) mass is 1560 g/mol. The number of aliphatic carboxylic acids is 1. The number of nitrogens with zero attached hydrogens (tertiary/aromatic N) is 4. The molecule has 5 rings (SSSR count). The maximum atomic E-state index is 14.9. The van der Waals surface area contributed by atoms with Crippen LogP contribution in [-0.2, 0) is 89.5 Å². The van der Waals surface area contributed by atoms with Gasteiger partial charge in [0.1, 0.15) is 72.5 Å². The smallest absolute Gasteiger partial charge is 0.329 e. The maximum Gasteiger partial charge on any atom is 0.329 e. The minimum atomic E-state index is -1.94. The SMILES string of the molecule is CC[C@H](C)[C@@H]1NC(=O)COC(=O)[C@@H]2CCCN2C(=O)[C@H](CS)NC(=O)[C@H](Cc2ccccc2)N(C)C(=O)[C@H](CO)NC(=O)[C@H](CS)NC(=O)C[C@@H](C(=O)N2CCC[C@H]2C(=O)N[C@@H](CCCN=C(N)N)C(=O)O)NC(=O)CNC(=O)[C@H](C(C)C)NC(=O)[C@H](Cc2ccc(O)c(F)c2)NC(=O)[C@H](CCCCN)NC1=O. The molecule has 3 aliphatic heterocycles. The van der Waals surface area contributed by atoms with Crippen LogP contribution in [0.2, 0.25) is 0 Å². The summed E-state index contributed by atoms with van der Waals surface area (Å²) in [6, 6.07) is -7.33. The molecule has 2 aromatic rings. The van der Waals surface area contributed by atoms with Crippen LogP contribution in [0.4, 0.5) is 4.39 Å². The van der Waals surface area contributed by atoms with Crippen LogP contribution in [0.1, 0.15) is 109 Å². The number of cyclic esters (lactones) is 1. The van der Waals surface area contributed by atoms with Crippen LogP contribution < -0.4 is 70.4 Å². The Morgan fingerprint density at radius 3 is 1.98 bits per heavy atom. The zero-order valence-corrected chi connectivity index (χ0v) is 62.7. The average molecular weight is 1560 g/mol. The van der Waals surface area contributed by atoms with Gasteiger partial charge in [-0.3, -0.25) is 67.3 Å². The second-order valence-electron chi connectivity index (χ2n) is 26.9. The molecule has 0 saturated carbocycles. The molecule has 13 amide bonds. The summed E-state index contributed by atoms with van der Waals surface area (Å²) in [5.74, 6) is -20.1. The number of carboxylic acids is 1. The molecule has 0 spiro atoms. The summed E-state index contributed by atoms with van der Waals surface area (Å²) < 4.78 is 20.4. The van der Waals surface area contributed by atoms with E-state index in [1.54, 1.807) is 44.2 Å². The highest BCUT2D eigenvalue weighted by molar-refractivity contribution is 7.80. The standard InChI is InChI=1S/C69H102FN17O19S2/c1-6-37(4)56-63(99)78-41(17-10-11-23-71)57(93)80-43(28-39-21-22-51(89)40(70)27-39)58(94)84-55(36(2)3)62(98)75-31-53(91)76-44(65(101)86-25-13-19-48(86)60(96)79-42(67(103)104)18-12-24-74-69(72)73)30-52(90)77-46(34-107)59(95)81-45(32-88)64(100)85(5)50(29-38-15-8-7-9-16-38)61(97)82-47(35-108)66(102)87-26-14-20-49(87)68(105)106-33-54(92)83-56/h7-9,15-16,21-22,27,36-37,41-50,55-56,88-89,107-108H,6,10-14,17-20,23-26,28-35,71H2,1-5H3,(H,75,98)(H,76,91)(H,77,90)(H,78,99)(H,79,96)(H,80,93)(H,81,95)(H,82,97)(H,83,92)(H,84,94)(H,103,104)(H4,72,73,74)/t37-,41-,42-,43-,44-,45-,46-,47-,48-,49-,50-,55-,56-/m0/s1. The van der Waals surface area contributed by atoms with E-state index in [9.17, 15) is 91.6 Å². The summed E-state index contributed by atoms with van der Waals surface area (Å²) in [6.07, 6.45) is -0.596. The van der Waals surface area contributed by atoms with E-state index in [-0.39, 0.29) is 108 Å². The van der Waals surface area contributed by atoms with E-state index in [2.05, 4.69) is 83.4 Å². The molecule has 36 nitrogen and oxygen atoms in total. The van der Waals surface area contributed by atoms with Crippen molar-refractivity contribution >= 4 is 120 Å². The van der Waals surface area contributed by atoms with Crippen LogP contribution in [0.25, 0.3) is 0 Å². The van der Waals surface area contributed by atoms with Gasteiger partial charge in [-0.1, -0.05) is 70.5 Å². The van der Waals surface area contributed by atoms with Crippen molar-refractivity contribution in [3.8, 4) is 5.75 Å². The van der Waals surface area contributed by atoms with Crippen LogP contribution in [-0.4, -0.2) is 262 Å². The van der Waals surface area contributed by atoms with Gasteiger partial charge in [0.2, 0.25) is 70.9 Å². The number of hydrogen-bond donors (Lipinski definition) is 18. The molecule has 13 atom stereocenters. The number of phenols is 1.